The molecule has 0 unspecified atom stereocenters. The fraction of sp³-hybridized carbons (Fsp3) is 0.217. The van der Waals surface area contributed by atoms with E-state index >= 15 is 0 Å². The topological polar surface area (TPSA) is 75.2 Å². The SMILES string of the molecule is Cc1cccc(NC(=O)Cc2cncc(-c3cccc4c3N(C)C(=O)CC4)c2)n1. The second-order valence-corrected chi connectivity index (χ2v) is 7.24. The quantitative estimate of drug-likeness (QED) is 0.744. The van der Waals surface area contributed by atoms with Crippen LogP contribution in [0, 0.1) is 6.92 Å². The summed E-state index contributed by atoms with van der Waals surface area (Å²) in [5, 5.41) is 2.82. The first-order chi connectivity index (χ1) is 14.0. The van der Waals surface area contributed by atoms with Crippen molar-refractivity contribution in [2.45, 2.75) is 26.2 Å². The van der Waals surface area contributed by atoms with E-state index < -0.39 is 0 Å². The summed E-state index contributed by atoms with van der Waals surface area (Å²) in [5.74, 6) is 0.500. The van der Waals surface area contributed by atoms with Crippen molar-refractivity contribution in [2.24, 2.45) is 0 Å². The highest BCUT2D eigenvalue weighted by molar-refractivity contribution is 6.00. The number of nitrogens with one attached hydrogen (secondary N) is 1. The Labute approximate surface area is 169 Å². The van der Waals surface area contributed by atoms with Gasteiger partial charge in [0.1, 0.15) is 5.82 Å². The van der Waals surface area contributed by atoms with Gasteiger partial charge in [-0.1, -0.05) is 24.3 Å². The summed E-state index contributed by atoms with van der Waals surface area (Å²) in [7, 11) is 1.81. The molecule has 0 fully saturated rings. The van der Waals surface area contributed by atoms with Crippen molar-refractivity contribution in [3.05, 3.63) is 71.7 Å². The average Bonchev–Trinajstić information content (AvgIpc) is 2.70. The first-order valence-electron chi connectivity index (χ1n) is 9.57. The van der Waals surface area contributed by atoms with Gasteiger partial charge in [-0.25, -0.2) is 4.98 Å². The molecule has 0 saturated carbocycles. The predicted molar refractivity (Wildman–Crippen MR) is 113 cm³/mol. The normalized spacial score (nSPS) is 13.2. The molecule has 6 nitrogen and oxygen atoms in total. The standard InChI is InChI=1S/C23H22N4O2/c1-15-5-3-8-20(25-15)26-21(28)12-16-11-18(14-24-13-16)19-7-4-6-17-9-10-22(29)27(2)23(17)19/h3-8,11,13-14H,9-10,12H2,1-2H3,(H,25,26,28). The second-order valence-electron chi connectivity index (χ2n) is 7.24. The largest absolute Gasteiger partial charge is 0.315 e. The molecule has 2 aromatic heterocycles. The molecular formula is C23H22N4O2. The van der Waals surface area contributed by atoms with Crippen LogP contribution in [-0.4, -0.2) is 28.8 Å². The van der Waals surface area contributed by atoms with Crippen molar-refractivity contribution in [1.82, 2.24) is 9.97 Å². The maximum absolute atomic E-state index is 12.4. The zero-order chi connectivity index (χ0) is 20.4. The van der Waals surface area contributed by atoms with Crippen molar-refractivity contribution in [3.8, 4) is 11.1 Å². The van der Waals surface area contributed by atoms with E-state index in [4.69, 9.17) is 0 Å². The Bertz CT molecular complexity index is 1090. The lowest BCUT2D eigenvalue weighted by Crippen LogP contribution is -2.31. The van der Waals surface area contributed by atoms with Crippen LogP contribution in [0.25, 0.3) is 11.1 Å². The van der Waals surface area contributed by atoms with Crippen molar-refractivity contribution in [3.63, 3.8) is 0 Å². The number of aromatic nitrogens is 2. The number of hydrogen-bond acceptors (Lipinski definition) is 4. The van der Waals surface area contributed by atoms with Crippen LogP contribution in [0.2, 0.25) is 0 Å². The van der Waals surface area contributed by atoms with Crippen LogP contribution in [0.3, 0.4) is 0 Å². The Balaban J connectivity index is 1.59. The van der Waals surface area contributed by atoms with E-state index in [9.17, 15) is 9.59 Å². The number of fused-ring (bicyclic) bond motifs is 1. The van der Waals surface area contributed by atoms with Gasteiger partial charge in [0.25, 0.3) is 0 Å². The van der Waals surface area contributed by atoms with Gasteiger partial charge in [-0.15, -0.1) is 0 Å². The van der Waals surface area contributed by atoms with Crippen molar-refractivity contribution in [1.29, 1.82) is 0 Å². The fourth-order valence-electron chi connectivity index (χ4n) is 3.67. The lowest BCUT2D eigenvalue weighted by atomic mass is 9.94. The van der Waals surface area contributed by atoms with Gasteiger partial charge in [0, 0.05) is 42.7 Å². The first-order valence-corrected chi connectivity index (χ1v) is 9.57. The zero-order valence-electron chi connectivity index (χ0n) is 16.5. The summed E-state index contributed by atoms with van der Waals surface area (Å²) < 4.78 is 0. The summed E-state index contributed by atoms with van der Waals surface area (Å²) in [6.07, 6.45) is 4.92. The molecule has 0 spiro atoms. The minimum absolute atomic E-state index is 0.110. The maximum atomic E-state index is 12.4. The molecule has 0 radical (unpaired) electrons. The van der Waals surface area contributed by atoms with Crippen LogP contribution in [0.5, 0.6) is 0 Å². The number of benzene rings is 1. The van der Waals surface area contributed by atoms with Crippen molar-refractivity contribution >= 4 is 23.3 Å². The van der Waals surface area contributed by atoms with Crippen LogP contribution < -0.4 is 10.2 Å². The summed E-state index contributed by atoms with van der Waals surface area (Å²) >= 11 is 0. The van der Waals surface area contributed by atoms with E-state index in [1.165, 1.54) is 0 Å². The summed E-state index contributed by atoms with van der Waals surface area (Å²) in [6.45, 7) is 1.88. The zero-order valence-corrected chi connectivity index (χ0v) is 16.5. The maximum Gasteiger partial charge on any atom is 0.230 e. The highest BCUT2D eigenvalue weighted by atomic mass is 16.2. The Kier molecular flexibility index (Phi) is 5.08. The molecule has 6 heteroatoms. The van der Waals surface area contributed by atoms with E-state index in [0.29, 0.717) is 12.2 Å². The van der Waals surface area contributed by atoms with Gasteiger partial charge in [0.2, 0.25) is 11.8 Å². The summed E-state index contributed by atoms with van der Waals surface area (Å²) in [4.78, 5) is 35.0. The van der Waals surface area contributed by atoms with E-state index in [1.54, 1.807) is 23.4 Å². The molecule has 1 aliphatic heterocycles. The average molecular weight is 386 g/mol. The molecule has 4 rings (SSSR count). The molecule has 0 atom stereocenters. The molecule has 146 valence electrons. The smallest absolute Gasteiger partial charge is 0.230 e. The predicted octanol–water partition coefficient (Wildman–Crippen LogP) is 3.54. The summed E-state index contributed by atoms with van der Waals surface area (Å²) in [6, 6.07) is 13.5. The number of hydrogen-bond donors (Lipinski definition) is 1. The molecule has 1 N–H and O–H groups in total. The van der Waals surface area contributed by atoms with Crippen LogP contribution in [0.15, 0.2) is 54.9 Å². The van der Waals surface area contributed by atoms with E-state index in [1.807, 2.05) is 44.3 Å². The van der Waals surface area contributed by atoms with Gasteiger partial charge < -0.3 is 10.2 Å². The molecule has 2 amide bonds. The van der Waals surface area contributed by atoms with Crippen LogP contribution in [0.4, 0.5) is 11.5 Å². The molecular weight excluding hydrogens is 364 g/mol. The Morgan fingerprint density at radius 1 is 1.14 bits per heavy atom. The third kappa shape index (κ3) is 4.01. The van der Waals surface area contributed by atoms with Gasteiger partial charge in [-0.2, -0.15) is 0 Å². The lowest BCUT2D eigenvalue weighted by Gasteiger charge is -2.28. The van der Waals surface area contributed by atoms with Gasteiger partial charge in [-0.3, -0.25) is 14.6 Å². The summed E-state index contributed by atoms with van der Waals surface area (Å²) in [5.41, 5.74) is 5.57. The minimum atomic E-state index is -0.149. The molecule has 3 heterocycles. The van der Waals surface area contributed by atoms with Gasteiger partial charge in [0.15, 0.2) is 0 Å². The number of para-hydroxylation sites is 1. The Hall–Kier alpha value is -3.54. The van der Waals surface area contributed by atoms with Gasteiger partial charge >= 0.3 is 0 Å². The minimum Gasteiger partial charge on any atom is -0.315 e. The second kappa shape index (κ2) is 7.83. The molecule has 0 saturated heterocycles. The number of aryl methyl sites for hydroxylation is 2. The van der Waals surface area contributed by atoms with E-state index in [2.05, 4.69) is 21.4 Å². The van der Waals surface area contributed by atoms with E-state index in [0.717, 1.165) is 40.1 Å². The molecule has 3 aromatic rings. The van der Waals surface area contributed by atoms with Crippen LogP contribution >= 0.6 is 0 Å². The number of carbonyl (C=O) groups is 2. The molecule has 29 heavy (non-hydrogen) atoms. The number of anilines is 2. The van der Waals surface area contributed by atoms with Crippen LogP contribution in [-0.2, 0) is 22.4 Å². The van der Waals surface area contributed by atoms with Gasteiger partial charge in [0.05, 0.1) is 12.1 Å². The Morgan fingerprint density at radius 3 is 2.79 bits per heavy atom. The lowest BCUT2D eigenvalue weighted by molar-refractivity contribution is -0.118. The number of amides is 2. The molecule has 0 bridgehead atoms. The van der Waals surface area contributed by atoms with Crippen molar-refractivity contribution in [2.75, 3.05) is 17.3 Å². The first kappa shape index (κ1) is 18.8. The number of rotatable bonds is 4. The third-order valence-electron chi connectivity index (χ3n) is 5.06. The van der Waals surface area contributed by atoms with Crippen LogP contribution in [0.1, 0.15) is 23.2 Å². The highest BCUT2D eigenvalue weighted by Gasteiger charge is 2.24. The number of carbonyl (C=O) groups excluding carboxylic acids is 2. The monoisotopic (exact) mass is 386 g/mol. The fourth-order valence-corrected chi connectivity index (χ4v) is 3.67. The van der Waals surface area contributed by atoms with Crippen molar-refractivity contribution < 1.29 is 9.59 Å². The molecule has 0 aliphatic carbocycles. The highest BCUT2D eigenvalue weighted by Crippen LogP contribution is 2.37. The number of nitrogens with zero attached hydrogens (tertiary/aromatic N) is 3. The molecule has 1 aliphatic rings. The Morgan fingerprint density at radius 2 is 1.97 bits per heavy atom. The van der Waals surface area contributed by atoms with Gasteiger partial charge in [-0.05, 0) is 42.7 Å². The number of pyridine rings is 2. The molecule has 1 aromatic carbocycles. The van der Waals surface area contributed by atoms with E-state index in [-0.39, 0.29) is 18.2 Å². The third-order valence-corrected chi connectivity index (χ3v) is 5.06.